The topological polar surface area (TPSA) is 78.5 Å². The number of ketones is 1. The minimum absolute atomic E-state index is 0.111. The van der Waals surface area contributed by atoms with Gasteiger partial charge in [0.2, 0.25) is 0 Å². The summed E-state index contributed by atoms with van der Waals surface area (Å²) >= 11 is 0. The van der Waals surface area contributed by atoms with Crippen molar-refractivity contribution in [1.82, 2.24) is 0 Å². The average Bonchev–Trinajstić information content (AvgIpc) is 3.01. The van der Waals surface area contributed by atoms with Crippen LogP contribution >= 0.6 is 0 Å². The highest BCUT2D eigenvalue weighted by Crippen LogP contribution is 2.52. The van der Waals surface area contributed by atoms with Crippen LogP contribution in [0, 0.1) is 11.3 Å². The Morgan fingerprint density at radius 2 is 1.90 bits per heavy atom. The highest BCUT2D eigenvalue weighted by atomic mass is 16.4. The van der Waals surface area contributed by atoms with Crippen LogP contribution < -0.4 is 4.57 Å². The third-order valence-corrected chi connectivity index (χ3v) is 6.28. The molecule has 0 saturated carbocycles. The van der Waals surface area contributed by atoms with Crippen LogP contribution in [0.15, 0.2) is 60.4 Å². The molecule has 150 valence electrons. The van der Waals surface area contributed by atoms with Crippen molar-refractivity contribution >= 4 is 11.8 Å². The second kappa shape index (κ2) is 6.63. The Balaban J connectivity index is 1.78. The van der Waals surface area contributed by atoms with Crippen molar-refractivity contribution in [2.24, 2.45) is 11.3 Å². The van der Waals surface area contributed by atoms with Crippen molar-refractivity contribution in [3.05, 3.63) is 77.1 Å². The van der Waals surface area contributed by atoms with Gasteiger partial charge in [0.25, 0.3) is 6.04 Å². The number of nitrogens with zero attached hydrogens (tertiary/aromatic N) is 1. The SMILES string of the molecule is CC1(C)C=C2C(=O)c3c[n+]([C@H](Cc4ccccc4)C(=O)O)ccc3[C@](C)(O)[C@H]2C1. The Bertz CT molecular complexity index is 1020. The zero-order valence-corrected chi connectivity index (χ0v) is 16.9. The van der Waals surface area contributed by atoms with Crippen molar-refractivity contribution < 1.29 is 24.4 Å². The maximum absolute atomic E-state index is 13.2. The molecule has 0 spiro atoms. The van der Waals surface area contributed by atoms with Crippen LogP contribution in [0.5, 0.6) is 0 Å². The molecule has 2 aromatic rings. The lowest BCUT2D eigenvalue weighted by molar-refractivity contribution is -0.710. The summed E-state index contributed by atoms with van der Waals surface area (Å²) in [5, 5.41) is 21.1. The minimum atomic E-state index is -1.17. The zero-order valence-electron chi connectivity index (χ0n) is 16.9. The number of aliphatic carboxylic acids is 1. The first-order valence-electron chi connectivity index (χ1n) is 9.92. The predicted molar refractivity (Wildman–Crippen MR) is 107 cm³/mol. The Morgan fingerprint density at radius 1 is 1.21 bits per heavy atom. The van der Waals surface area contributed by atoms with Gasteiger partial charge in [-0.1, -0.05) is 50.3 Å². The molecule has 0 saturated heterocycles. The highest BCUT2D eigenvalue weighted by molar-refractivity contribution is 6.11. The van der Waals surface area contributed by atoms with E-state index < -0.39 is 17.6 Å². The third kappa shape index (κ3) is 3.29. The first-order chi connectivity index (χ1) is 13.6. The van der Waals surface area contributed by atoms with Crippen LogP contribution in [0.1, 0.15) is 54.7 Å². The molecule has 1 aromatic heterocycles. The molecule has 2 aliphatic carbocycles. The summed E-state index contributed by atoms with van der Waals surface area (Å²) in [5.74, 6) is -1.32. The molecule has 0 fully saturated rings. The minimum Gasteiger partial charge on any atom is -0.476 e. The number of aromatic nitrogens is 1. The van der Waals surface area contributed by atoms with Gasteiger partial charge in [-0.3, -0.25) is 4.79 Å². The molecule has 29 heavy (non-hydrogen) atoms. The summed E-state index contributed by atoms with van der Waals surface area (Å²) in [6, 6.07) is 10.3. The Kier molecular flexibility index (Phi) is 4.46. The fourth-order valence-electron chi connectivity index (χ4n) is 4.77. The molecule has 3 atom stereocenters. The van der Waals surface area contributed by atoms with Crippen molar-refractivity contribution in [3.8, 4) is 0 Å². The highest BCUT2D eigenvalue weighted by Gasteiger charge is 2.51. The Hall–Kier alpha value is -2.79. The van der Waals surface area contributed by atoms with E-state index in [9.17, 15) is 19.8 Å². The van der Waals surface area contributed by atoms with Crippen LogP contribution in [0.25, 0.3) is 0 Å². The molecule has 0 radical (unpaired) electrons. The van der Waals surface area contributed by atoms with Gasteiger partial charge in [0.1, 0.15) is 0 Å². The van der Waals surface area contributed by atoms with Crippen LogP contribution in [0.4, 0.5) is 0 Å². The molecule has 2 aliphatic rings. The number of allylic oxidation sites excluding steroid dienone is 1. The van der Waals surface area contributed by atoms with Gasteiger partial charge in [0.15, 0.2) is 18.2 Å². The maximum Gasteiger partial charge on any atom is 0.373 e. The maximum atomic E-state index is 13.2. The molecule has 0 bridgehead atoms. The summed E-state index contributed by atoms with van der Waals surface area (Å²) in [7, 11) is 0. The smallest absolute Gasteiger partial charge is 0.373 e. The molecule has 2 N–H and O–H groups in total. The molecule has 4 rings (SSSR count). The lowest BCUT2D eigenvalue weighted by Gasteiger charge is -2.37. The van der Waals surface area contributed by atoms with E-state index in [0.29, 0.717) is 29.5 Å². The standard InChI is InChI=1S/C24H25NO4/c1-23(2)12-16-19(13-23)24(3,29)18-9-10-25(14-17(18)21(16)26)20(22(27)28)11-15-7-5-4-6-8-15/h4-10,12,14,19-20,29H,11,13H2,1-3H3/p+1/t19-,20+,24-/m0/s1. The lowest BCUT2D eigenvalue weighted by Crippen LogP contribution is -2.48. The number of aliphatic hydroxyl groups is 1. The first kappa shape index (κ1) is 19.5. The number of carboxylic acid groups (broad SMARTS) is 1. The fourth-order valence-corrected chi connectivity index (χ4v) is 4.77. The molecule has 5 nitrogen and oxygen atoms in total. The van der Waals surface area contributed by atoms with Gasteiger partial charge in [-0.05, 0) is 24.3 Å². The molecule has 1 aromatic carbocycles. The fraction of sp³-hybridized carbons (Fsp3) is 0.375. The van der Waals surface area contributed by atoms with Crippen molar-refractivity contribution in [1.29, 1.82) is 0 Å². The van der Waals surface area contributed by atoms with E-state index in [1.165, 1.54) is 0 Å². The molecule has 0 aliphatic heterocycles. The molecule has 5 heteroatoms. The molecule has 0 unspecified atom stereocenters. The molecular weight excluding hydrogens is 366 g/mol. The Labute approximate surface area is 170 Å². The number of carbonyl (C=O) groups excluding carboxylic acids is 1. The van der Waals surface area contributed by atoms with E-state index in [4.69, 9.17) is 0 Å². The molecule has 0 amide bonds. The number of Topliss-reactive ketones (excluding diaryl/α,β-unsaturated/α-hetero) is 1. The second-order valence-electron chi connectivity index (χ2n) is 9.08. The average molecular weight is 392 g/mol. The first-order valence-corrected chi connectivity index (χ1v) is 9.92. The van der Waals surface area contributed by atoms with Gasteiger partial charge < -0.3 is 10.2 Å². The summed E-state index contributed by atoms with van der Waals surface area (Å²) < 4.78 is 1.57. The van der Waals surface area contributed by atoms with Crippen molar-refractivity contribution in [3.63, 3.8) is 0 Å². The van der Waals surface area contributed by atoms with E-state index in [1.807, 2.05) is 36.4 Å². The number of hydrogen-bond acceptors (Lipinski definition) is 3. The summed E-state index contributed by atoms with van der Waals surface area (Å²) in [5.41, 5.74) is 1.18. The summed E-state index contributed by atoms with van der Waals surface area (Å²) in [4.78, 5) is 25.2. The van der Waals surface area contributed by atoms with Crippen LogP contribution in [0.2, 0.25) is 0 Å². The van der Waals surface area contributed by atoms with Crippen LogP contribution in [-0.4, -0.2) is 22.0 Å². The number of carboxylic acids is 1. The monoisotopic (exact) mass is 392 g/mol. The van der Waals surface area contributed by atoms with Crippen LogP contribution in [-0.2, 0) is 16.8 Å². The molecule has 1 heterocycles. The number of carbonyl (C=O) groups is 2. The normalized spacial score (nSPS) is 25.7. The second-order valence-corrected chi connectivity index (χ2v) is 9.08. The quantitative estimate of drug-likeness (QED) is 0.783. The zero-order chi connectivity index (χ0) is 21.0. The predicted octanol–water partition coefficient (Wildman–Crippen LogP) is 3.22. The van der Waals surface area contributed by atoms with E-state index in [-0.39, 0.29) is 17.1 Å². The van der Waals surface area contributed by atoms with Gasteiger partial charge in [0.05, 0.1) is 11.2 Å². The van der Waals surface area contributed by atoms with Gasteiger partial charge in [-0.15, -0.1) is 0 Å². The largest absolute Gasteiger partial charge is 0.476 e. The summed E-state index contributed by atoms with van der Waals surface area (Å²) in [6.07, 6.45) is 6.24. The van der Waals surface area contributed by atoms with Crippen molar-refractivity contribution in [2.75, 3.05) is 0 Å². The number of benzene rings is 1. The van der Waals surface area contributed by atoms with Gasteiger partial charge in [-0.2, -0.15) is 4.57 Å². The number of rotatable bonds is 4. The van der Waals surface area contributed by atoms with E-state index in [0.717, 1.165) is 5.56 Å². The van der Waals surface area contributed by atoms with Gasteiger partial charge in [0, 0.05) is 29.5 Å². The number of hydrogen-bond donors (Lipinski definition) is 2. The number of pyridine rings is 1. The molecular formula is C24H26NO4+. The van der Waals surface area contributed by atoms with Gasteiger partial charge >= 0.3 is 5.97 Å². The number of fused-ring (bicyclic) bond motifs is 2. The van der Waals surface area contributed by atoms with Gasteiger partial charge in [-0.25, -0.2) is 4.79 Å². The summed E-state index contributed by atoms with van der Waals surface area (Å²) in [6.45, 7) is 5.88. The van der Waals surface area contributed by atoms with E-state index in [2.05, 4.69) is 13.8 Å². The van der Waals surface area contributed by atoms with Crippen molar-refractivity contribution in [2.45, 2.75) is 45.3 Å². The van der Waals surface area contributed by atoms with E-state index in [1.54, 1.807) is 30.0 Å². The Morgan fingerprint density at radius 3 is 2.55 bits per heavy atom. The lowest BCUT2D eigenvalue weighted by atomic mass is 9.69. The van der Waals surface area contributed by atoms with Crippen LogP contribution in [0.3, 0.4) is 0 Å². The van der Waals surface area contributed by atoms with E-state index >= 15 is 0 Å². The third-order valence-electron chi connectivity index (χ3n) is 6.28.